The summed E-state index contributed by atoms with van der Waals surface area (Å²) in [5.74, 6) is -0.781. The molecule has 0 radical (unpaired) electrons. The van der Waals surface area contributed by atoms with Gasteiger partial charge in [0.15, 0.2) is 0 Å². The number of aromatic nitrogens is 2. The molecule has 0 spiro atoms. The van der Waals surface area contributed by atoms with Crippen LogP contribution in [0, 0.1) is 5.41 Å². The molecule has 0 aliphatic heterocycles. The van der Waals surface area contributed by atoms with Gasteiger partial charge in [0.25, 0.3) is 0 Å². The number of benzene rings is 1. The van der Waals surface area contributed by atoms with Gasteiger partial charge in [-0.3, -0.25) is 5.41 Å². The van der Waals surface area contributed by atoms with E-state index in [2.05, 4.69) is 9.97 Å². The van der Waals surface area contributed by atoms with E-state index < -0.39 is 11.7 Å². The van der Waals surface area contributed by atoms with E-state index in [0.717, 1.165) is 18.5 Å². The van der Waals surface area contributed by atoms with Crippen molar-refractivity contribution in [3.05, 3.63) is 47.9 Å². The van der Waals surface area contributed by atoms with E-state index in [0.29, 0.717) is 0 Å². The van der Waals surface area contributed by atoms with Gasteiger partial charge in [-0.25, -0.2) is 9.97 Å². The third kappa shape index (κ3) is 3.02. The molecule has 0 amide bonds. The number of amidine groups is 1. The topological polar surface area (TPSA) is 84.9 Å². The van der Waals surface area contributed by atoms with Gasteiger partial charge in [-0.05, 0) is 12.1 Å². The highest BCUT2D eigenvalue weighted by Gasteiger charge is 2.34. The minimum atomic E-state index is -4.52. The predicted molar refractivity (Wildman–Crippen MR) is 64.6 cm³/mol. The van der Waals surface area contributed by atoms with Crippen LogP contribution in [-0.2, 0) is 6.18 Å². The van der Waals surface area contributed by atoms with Crippen molar-refractivity contribution in [2.45, 2.75) is 6.18 Å². The van der Waals surface area contributed by atoms with E-state index in [1.807, 2.05) is 0 Å². The van der Waals surface area contributed by atoms with Crippen LogP contribution < -0.4 is 10.5 Å². The molecular formula is C12H9F3N4O. The lowest BCUT2D eigenvalue weighted by Gasteiger charge is -2.12. The van der Waals surface area contributed by atoms with E-state index in [9.17, 15) is 13.2 Å². The van der Waals surface area contributed by atoms with Crippen LogP contribution in [0.2, 0.25) is 0 Å². The van der Waals surface area contributed by atoms with Gasteiger partial charge in [0.1, 0.15) is 17.3 Å². The van der Waals surface area contributed by atoms with Crippen molar-refractivity contribution in [1.82, 2.24) is 9.97 Å². The summed E-state index contributed by atoms with van der Waals surface area (Å²) in [6, 6.07) is 4.78. The van der Waals surface area contributed by atoms with Crippen molar-refractivity contribution < 1.29 is 17.9 Å². The van der Waals surface area contributed by atoms with Crippen LogP contribution in [0.15, 0.2) is 36.7 Å². The highest BCUT2D eigenvalue weighted by Crippen LogP contribution is 2.37. The first-order valence-electron chi connectivity index (χ1n) is 5.38. The molecule has 2 aromatic rings. The molecule has 1 aromatic carbocycles. The molecule has 1 heterocycles. The van der Waals surface area contributed by atoms with Crippen LogP contribution in [0.3, 0.4) is 0 Å². The predicted octanol–water partition coefficient (Wildman–Crippen LogP) is 2.57. The molecule has 0 saturated heterocycles. The number of ether oxygens (including phenoxy) is 1. The molecule has 8 heteroatoms. The van der Waals surface area contributed by atoms with Gasteiger partial charge >= 0.3 is 6.18 Å². The summed E-state index contributed by atoms with van der Waals surface area (Å²) in [5.41, 5.74) is 4.40. The Morgan fingerprint density at radius 1 is 1.15 bits per heavy atom. The van der Waals surface area contributed by atoms with E-state index in [1.165, 1.54) is 18.2 Å². The molecule has 2 rings (SSSR count). The van der Waals surface area contributed by atoms with Gasteiger partial charge in [0.2, 0.25) is 5.88 Å². The first-order chi connectivity index (χ1) is 9.38. The highest BCUT2D eigenvalue weighted by atomic mass is 19.4. The number of rotatable bonds is 3. The maximum Gasteiger partial charge on any atom is 0.419 e. The first kappa shape index (κ1) is 13.8. The van der Waals surface area contributed by atoms with Gasteiger partial charge in [-0.2, -0.15) is 13.2 Å². The molecule has 0 bridgehead atoms. The van der Waals surface area contributed by atoms with Crippen molar-refractivity contribution in [2.75, 3.05) is 0 Å². The number of nitrogen functional groups attached to an aromatic ring is 1. The van der Waals surface area contributed by atoms with E-state index >= 15 is 0 Å². The zero-order chi connectivity index (χ0) is 14.8. The largest absolute Gasteiger partial charge is 0.437 e. The van der Waals surface area contributed by atoms with Gasteiger partial charge in [-0.15, -0.1) is 0 Å². The van der Waals surface area contributed by atoms with Gasteiger partial charge in [0, 0.05) is 0 Å². The lowest BCUT2D eigenvalue weighted by atomic mass is 10.2. The number of nitrogens with one attached hydrogen (secondary N) is 1. The Balaban J connectivity index is 2.28. The van der Waals surface area contributed by atoms with Crippen molar-refractivity contribution >= 4 is 5.84 Å². The second-order valence-corrected chi connectivity index (χ2v) is 3.75. The lowest BCUT2D eigenvalue weighted by molar-refractivity contribution is -0.138. The second-order valence-electron chi connectivity index (χ2n) is 3.75. The molecule has 0 atom stereocenters. The summed E-state index contributed by atoms with van der Waals surface area (Å²) in [6.45, 7) is 0. The summed E-state index contributed by atoms with van der Waals surface area (Å²) in [7, 11) is 0. The van der Waals surface area contributed by atoms with Gasteiger partial charge in [0.05, 0.1) is 18.0 Å². The van der Waals surface area contributed by atoms with Crippen LogP contribution >= 0.6 is 0 Å². The molecule has 0 saturated carbocycles. The molecule has 5 nitrogen and oxygen atoms in total. The standard InChI is InChI=1S/C12H9F3N4O/c13-12(14,15)7-3-1-2-4-9(7)20-10-6-18-8(5-19-10)11(16)17/h1-6H,(H3,16,17). The van der Waals surface area contributed by atoms with Crippen molar-refractivity contribution in [1.29, 1.82) is 5.41 Å². The number of para-hydroxylation sites is 1. The zero-order valence-electron chi connectivity index (χ0n) is 9.98. The molecule has 1 aromatic heterocycles. The quantitative estimate of drug-likeness (QED) is 0.669. The molecule has 3 N–H and O–H groups in total. The van der Waals surface area contributed by atoms with Crippen LogP contribution in [0.4, 0.5) is 13.2 Å². The SMILES string of the molecule is N=C(N)c1cnc(Oc2ccccc2C(F)(F)F)cn1. The minimum Gasteiger partial charge on any atom is -0.437 e. The van der Waals surface area contributed by atoms with E-state index in [-0.39, 0.29) is 23.2 Å². The van der Waals surface area contributed by atoms with Gasteiger partial charge in [-0.1, -0.05) is 12.1 Å². The first-order valence-corrected chi connectivity index (χ1v) is 5.38. The summed E-state index contributed by atoms with van der Waals surface area (Å²) >= 11 is 0. The fourth-order valence-electron chi connectivity index (χ4n) is 1.41. The Labute approximate surface area is 111 Å². The molecule has 0 unspecified atom stereocenters. The maximum absolute atomic E-state index is 12.8. The van der Waals surface area contributed by atoms with Crippen molar-refractivity contribution in [2.24, 2.45) is 5.73 Å². The minimum absolute atomic E-state index is 0.112. The highest BCUT2D eigenvalue weighted by molar-refractivity contribution is 5.92. The van der Waals surface area contributed by atoms with Crippen molar-refractivity contribution in [3.8, 4) is 11.6 Å². The number of hydrogen-bond acceptors (Lipinski definition) is 4. The molecule has 104 valence electrons. The van der Waals surface area contributed by atoms with E-state index in [4.69, 9.17) is 15.9 Å². The number of alkyl halides is 3. The number of nitrogens with zero attached hydrogens (tertiary/aromatic N) is 2. The Bertz CT molecular complexity index is 625. The van der Waals surface area contributed by atoms with Crippen molar-refractivity contribution in [3.63, 3.8) is 0 Å². The molecule has 0 fully saturated rings. The molecule has 0 aliphatic rings. The summed E-state index contributed by atoms with van der Waals surface area (Å²) < 4.78 is 43.3. The van der Waals surface area contributed by atoms with Crippen LogP contribution in [0.1, 0.15) is 11.3 Å². The second kappa shape index (κ2) is 5.16. The number of nitrogens with two attached hydrogens (primary N) is 1. The summed E-state index contributed by atoms with van der Waals surface area (Å²) in [5, 5.41) is 7.13. The Kier molecular flexibility index (Phi) is 3.55. The normalized spacial score (nSPS) is 11.2. The Morgan fingerprint density at radius 3 is 2.40 bits per heavy atom. The fraction of sp³-hybridized carbons (Fsp3) is 0.0833. The van der Waals surface area contributed by atoms with E-state index in [1.54, 1.807) is 0 Å². The Hall–Kier alpha value is -2.64. The van der Waals surface area contributed by atoms with Crippen LogP contribution in [-0.4, -0.2) is 15.8 Å². The number of halogens is 3. The van der Waals surface area contributed by atoms with Crippen LogP contribution in [0.5, 0.6) is 11.6 Å². The maximum atomic E-state index is 12.8. The average molecular weight is 282 g/mol. The molecule has 0 aliphatic carbocycles. The smallest absolute Gasteiger partial charge is 0.419 e. The lowest BCUT2D eigenvalue weighted by Crippen LogP contribution is -2.13. The summed E-state index contributed by atoms with van der Waals surface area (Å²) in [6.07, 6.45) is -2.28. The average Bonchev–Trinajstić information content (AvgIpc) is 2.38. The van der Waals surface area contributed by atoms with Crippen LogP contribution in [0.25, 0.3) is 0 Å². The number of hydrogen-bond donors (Lipinski definition) is 2. The monoisotopic (exact) mass is 282 g/mol. The Morgan fingerprint density at radius 2 is 1.85 bits per heavy atom. The summed E-state index contributed by atoms with van der Waals surface area (Å²) in [4.78, 5) is 7.49. The third-order valence-electron chi connectivity index (χ3n) is 2.31. The van der Waals surface area contributed by atoms with Gasteiger partial charge < -0.3 is 10.5 Å². The molecular weight excluding hydrogens is 273 g/mol. The fourth-order valence-corrected chi connectivity index (χ4v) is 1.41. The third-order valence-corrected chi connectivity index (χ3v) is 2.31. The zero-order valence-corrected chi connectivity index (χ0v) is 9.98. The molecule has 20 heavy (non-hydrogen) atoms.